The topological polar surface area (TPSA) is 75.4 Å². The van der Waals surface area contributed by atoms with Crippen LogP contribution in [0.2, 0.25) is 5.02 Å². The minimum absolute atomic E-state index is 0.0269. The Labute approximate surface area is 100 Å². The van der Waals surface area contributed by atoms with Crippen molar-refractivity contribution in [2.45, 2.75) is 12.5 Å². The summed E-state index contributed by atoms with van der Waals surface area (Å²) in [5.41, 5.74) is -0.307. The van der Waals surface area contributed by atoms with Crippen molar-refractivity contribution < 1.29 is 18.8 Å². The van der Waals surface area contributed by atoms with E-state index in [0.717, 1.165) is 6.07 Å². The third-order valence-electron chi connectivity index (χ3n) is 1.95. The van der Waals surface area contributed by atoms with Crippen LogP contribution in [0.15, 0.2) is 18.2 Å². The molecule has 1 unspecified atom stereocenters. The molecular formula is C9H9ClF2N2O3. The predicted molar refractivity (Wildman–Crippen MR) is 58.6 cm³/mol. The van der Waals surface area contributed by atoms with Gasteiger partial charge in [0.05, 0.1) is 4.92 Å². The van der Waals surface area contributed by atoms with Gasteiger partial charge in [-0.3, -0.25) is 10.1 Å². The van der Waals surface area contributed by atoms with Gasteiger partial charge in [-0.2, -0.15) is 0 Å². The molecular weight excluding hydrogens is 258 g/mol. The van der Waals surface area contributed by atoms with Crippen molar-refractivity contribution in [1.82, 2.24) is 0 Å². The van der Waals surface area contributed by atoms with Gasteiger partial charge in [0.1, 0.15) is 11.8 Å². The lowest BCUT2D eigenvalue weighted by Crippen LogP contribution is -2.26. The largest absolute Gasteiger partial charge is 0.385 e. The number of rotatable bonds is 5. The molecule has 8 heteroatoms. The van der Waals surface area contributed by atoms with E-state index in [-0.39, 0.29) is 16.4 Å². The van der Waals surface area contributed by atoms with Crippen LogP contribution in [-0.2, 0) is 0 Å². The molecule has 0 heterocycles. The van der Waals surface area contributed by atoms with Crippen LogP contribution in [0.3, 0.4) is 0 Å². The summed E-state index contributed by atoms with van der Waals surface area (Å²) in [5.74, 6) is 0. The Morgan fingerprint density at radius 3 is 2.71 bits per heavy atom. The second-order valence-corrected chi connectivity index (χ2v) is 3.64. The first-order chi connectivity index (χ1) is 7.91. The minimum Gasteiger partial charge on any atom is -0.385 e. The molecule has 1 rings (SSSR count). The summed E-state index contributed by atoms with van der Waals surface area (Å²) in [7, 11) is 0. The number of nitro benzene ring substituents is 1. The molecule has 0 aliphatic rings. The van der Waals surface area contributed by atoms with E-state index in [4.69, 9.17) is 16.7 Å². The monoisotopic (exact) mass is 266 g/mol. The van der Waals surface area contributed by atoms with Gasteiger partial charge in [-0.1, -0.05) is 11.6 Å². The van der Waals surface area contributed by atoms with E-state index in [1.807, 2.05) is 0 Å². The maximum Gasteiger partial charge on any atom is 0.293 e. The highest BCUT2D eigenvalue weighted by molar-refractivity contribution is 6.30. The Kier molecular flexibility index (Phi) is 4.59. The lowest BCUT2D eigenvalue weighted by molar-refractivity contribution is -0.383. The second kappa shape index (κ2) is 5.74. The molecule has 0 aromatic heterocycles. The van der Waals surface area contributed by atoms with Gasteiger partial charge in [-0.25, -0.2) is 8.78 Å². The van der Waals surface area contributed by atoms with Gasteiger partial charge in [0.15, 0.2) is 0 Å². The highest BCUT2D eigenvalue weighted by Gasteiger charge is 2.19. The average molecular weight is 267 g/mol. The van der Waals surface area contributed by atoms with Crippen LogP contribution in [0.4, 0.5) is 20.2 Å². The smallest absolute Gasteiger partial charge is 0.293 e. The zero-order valence-corrected chi connectivity index (χ0v) is 9.19. The molecule has 0 saturated heterocycles. The molecule has 1 atom stereocenters. The van der Waals surface area contributed by atoms with Crippen molar-refractivity contribution in [2.75, 3.05) is 11.9 Å². The molecule has 1 aromatic carbocycles. The van der Waals surface area contributed by atoms with Crippen LogP contribution in [0.25, 0.3) is 0 Å². The lowest BCUT2D eigenvalue weighted by atomic mass is 10.2. The fourth-order valence-electron chi connectivity index (χ4n) is 1.11. The zero-order valence-electron chi connectivity index (χ0n) is 8.44. The number of aliphatic hydroxyl groups excluding tert-OH is 1. The molecule has 0 amide bonds. The first-order valence-corrected chi connectivity index (χ1v) is 4.93. The number of alkyl halides is 2. The van der Waals surface area contributed by atoms with E-state index >= 15 is 0 Å². The average Bonchev–Trinajstić information content (AvgIpc) is 2.26. The van der Waals surface area contributed by atoms with Gasteiger partial charge in [0.25, 0.3) is 12.1 Å². The molecule has 0 bridgehead atoms. The number of halogens is 3. The van der Waals surface area contributed by atoms with E-state index in [2.05, 4.69) is 5.32 Å². The van der Waals surface area contributed by atoms with Gasteiger partial charge < -0.3 is 10.4 Å². The quantitative estimate of drug-likeness (QED) is 0.633. The van der Waals surface area contributed by atoms with Crippen LogP contribution >= 0.6 is 11.6 Å². The van der Waals surface area contributed by atoms with Crippen molar-refractivity contribution in [3.8, 4) is 0 Å². The van der Waals surface area contributed by atoms with Gasteiger partial charge in [0.2, 0.25) is 0 Å². The number of hydrogen-bond acceptors (Lipinski definition) is 4. The van der Waals surface area contributed by atoms with Gasteiger partial charge in [-0.15, -0.1) is 0 Å². The summed E-state index contributed by atoms with van der Waals surface area (Å²) >= 11 is 5.57. The molecule has 0 aliphatic heterocycles. The maximum absolute atomic E-state index is 12.0. The molecule has 17 heavy (non-hydrogen) atoms. The molecule has 0 saturated carbocycles. The maximum atomic E-state index is 12.0. The lowest BCUT2D eigenvalue weighted by Gasteiger charge is -2.11. The van der Waals surface area contributed by atoms with Gasteiger partial charge in [0, 0.05) is 17.6 Å². The number of nitro groups is 1. The Bertz CT molecular complexity index is 417. The summed E-state index contributed by atoms with van der Waals surface area (Å²) in [5, 5.41) is 22.0. The van der Waals surface area contributed by atoms with Crippen molar-refractivity contribution in [3.63, 3.8) is 0 Å². The first-order valence-electron chi connectivity index (χ1n) is 4.56. The molecule has 0 aliphatic carbocycles. The third-order valence-corrected chi connectivity index (χ3v) is 2.18. The fourth-order valence-corrected chi connectivity index (χ4v) is 1.28. The van der Waals surface area contributed by atoms with E-state index < -0.39 is 24.0 Å². The zero-order chi connectivity index (χ0) is 13.0. The Balaban J connectivity index is 2.80. The number of aliphatic hydroxyl groups is 1. The highest BCUT2D eigenvalue weighted by atomic mass is 35.5. The molecule has 2 N–H and O–H groups in total. The Hall–Kier alpha value is -1.47. The summed E-state index contributed by atoms with van der Waals surface area (Å²) in [6, 6.07) is 3.77. The number of hydrogen-bond donors (Lipinski definition) is 2. The van der Waals surface area contributed by atoms with Crippen molar-refractivity contribution >= 4 is 23.0 Å². The summed E-state index contributed by atoms with van der Waals surface area (Å²) in [4.78, 5) is 9.96. The third kappa shape index (κ3) is 3.79. The molecule has 1 aromatic rings. The number of nitrogens with zero attached hydrogens (tertiary/aromatic N) is 1. The Morgan fingerprint density at radius 1 is 1.53 bits per heavy atom. The molecule has 0 spiro atoms. The number of nitrogens with one attached hydrogen (secondary N) is 1. The van der Waals surface area contributed by atoms with E-state index in [9.17, 15) is 18.9 Å². The Morgan fingerprint density at radius 2 is 2.18 bits per heavy atom. The summed E-state index contributed by atoms with van der Waals surface area (Å²) in [6.07, 6.45) is -4.79. The highest BCUT2D eigenvalue weighted by Crippen LogP contribution is 2.27. The van der Waals surface area contributed by atoms with Crippen molar-refractivity contribution in [3.05, 3.63) is 33.3 Å². The molecule has 0 radical (unpaired) electrons. The summed E-state index contributed by atoms with van der Waals surface area (Å²) in [6.45, 7) is -0.486. The van der Waals surface area contributed by atoms with Crippen LogP contribution in [0.1, 0.15) is 0 Å². The van der Waals surface area contributed by atoms with E-state index in [0.29, 0.717) is 0 Å². The summed E-state index contributed by atoms with van der Waals surface area (Å²) < 4.78 is 24.0. The van der Waals surface area contributed by atoms with Crippen LogP contribution < -0.4 is 5.32 Å². The molecule has 0 fully saturated rings. The van der Waals surface area contributed by atoms with Gasteiger partial charge in [-0.05, 0) is 12.1 Å². The van der Waals surface area contributed by atoms with E-state index in [1.165, 1.54) is 12.1 Å². The van der Waals surface area contributed by atoms with Gasteiger partial charge >= 0.3 is 0 Å². The van der Waals surface area contributed by atoms with E-state index in [1.54, 1.807) is 0 Å². The number of anilines is 1. The fraction of sp³-hybridized carbons (Fsp3) is 0.333. The normalized spacial score (nSPS) is 12.5. The van der Waals surface area contributed by atoms with Crippen molar-refractivity contribution in [1.29, 1.82) is 0 Å². The van der Waals surface area contributed by atoms with Crippen LogP contribution in [0, 0.1) is 10.1 Å². The predicted octanol–water partition coefficient (Wildman–Crippen LogP) is 2.29. The minimum atomic E-state index is -2.91. The molecule has 5 nitrogen and oxygen atoms in total. The van der Waals surface area contributed by atoms with Crippen molar-refractivity contribution in [2.24, 2.45) is 0 Å². The first kappa shape index (κ1) is 13.6. The SMILES string of the molecule is O=[N+]([O-])c1cc(Cl)ccc1NCC(O)C(F)F. The van der Waals surface area contributed by atoms with Crippen LogP contribution in [0.5, 0.6) is 0 Å². The molecule has 94 valence electrons. The second-order valence-electron chi connectivity index (χ2n) is 3.20. The standard InChI is InChI=1S/C9H9ClF2N2O3/c10-5-1-2-6(7(3-5)14(16)17)13-4-8(15)9(11)12/h1-3,8-9,13,15H,4H2. The number of benzene rings is 1. The van der Waals surface area contributed by atoms with Crippen LogP contribution in [-0.4, -0.2) is 29.1 Å².